The second-order valence-corrected chi connectivity index (χ2v) is 12.9. The lowest BCUT2D eigenvalue weighted by atomic mass is 10.1. The molecule has 23 heavy (non-hydrogen) atoms. The van der Waals surface area contributed by atoms with Gasteiger partial charge in [-0.2, -0.15) is 0 Å². The molecule has 1 N–H and O–H groups in total. The number of imide groups is 1. The third-order valence-electron chi connectivity index (χ3n) is 5.31. The number of hydrogen-bond acceptors (Lipinski definition) is 4. The van der Waals surface area contributed by atoms with E-state index in [2.05, 4.69) is 44.1 Å². The van der Waals surface area contributed by atoms with E-state index in [-0.39, 0.29) is 29.6 Å². The van der Waals surface area contributed by atoms with Crippen LogP contribution in [0.15, 0.2) is 0 Å². The Labute approximate surface area is 140 Å². The first kappa shape index (κ1) is 18.4. The molecule has 2 rings (SSSR count). The summed E-state index contributed by atoms with van der Waals surface area (Å²) < 4.78 is 6.52. The van der Waals surface area contributed by atoms with Crippen LogP contribution in [0.4, 0.5) is 4.79 Å². The molecule has 2 saturated heterocycles. The van der Waals surface area contributed by atoms with Crippen molar-refractivity contribution < 1.29 is 14.0 Å². The van der Waals surface area contributed by atoms with Gasteiger partial charge in [-0.25, -0.2) is 4.79 Å². The summed E-state index contributed by atoms with van der Waals surface area (Å²) in [5.41, 5.74) is 0. The molecule has 0 radical (unpaired) electrons. The Bertz CT molecular complexity index is 446. The summed E-state index contributed by atoms with van der Waals surface area (Å²) in [6.07, 6.45) is 2.48. The van der Waals surface area contributed by atoms with Gasteiger partial charge >= 0.3 is 6.03 Å². The van der Waals surface area contributed by atoms with Gasteiger partial charge in [0.1, 0.15) is 0 Å². The van der Waals surface area contributed by atoms with Crippen LogP contribution >= 0.6 is 0 Å². The molecule has 0 bridgehead atoms. The zero-order chi connectivity index (χ0) is 17.3. The lowest BCUT2D eigenvalue weighted by Gasteiger charge is -2.42. The molecule has 0 unspecified atom stereocenters. The van der Waals surface area contributed by atoms with E-state index in [0.717, 1.165) is 32.5 Å². The third kappa shape index (κ3) is 4.55. The quantitative estimate of drug-likeness (QED) is 0.614. The lowest BCUT2D eigenvalue weighted by molar-refractivity contribution is -0.125. The van der Waals surface area contributed by atoms with Gasteiger partial charge in [0.25, 0.3) is 0 Å². The van der Waals surface area contributed by atoms with Crippen LogP contribution < -0.4 is 5.32 Å². The van der Waals surface area contributed by atoms with Gasteiger partial charge in [-0.1, -0.05) is 20.8 Å². The van der Waals surface area contributed by atoms with Crippen LogP contribution in [0.2, 0.25) is 18.1 Å². The highest BCUT2D eigenvalue weighted by atomic mass is 28.4. The van der Waals surface area contributed by atoms with Crippen LogP contribution in [-0.2, 0) is 9.22 Å². The van der Waals surface area contributed by atoms with E-state index in [1.165, 1.54) is 4.90 Å². The molecular formula is C16H31N3O3Si. The lowest BCUT2D eigenvalue weighted by Crippen LogP contribution is -2.50. The number of nitrogens with one attached hydrogen (secondary N) is 1. The summed E-state index contributed by atoms with van der Waals surface area (Å²) in [4.78, 5) is 26.8. The maximum atomic E-state index is 11.6. The van der Waals surface area contributed by atoms with Crippen LogP contribution in [0.25, 0.3) is 0 Å². The Hall–Kier alpha value is -0.923. The first-order valence-electron chi connectivity index (χ1n) is 8.58. The minimum atomic E-state index is -1.75. The number of nitrogens with zero attached hydrogens (tertiary/aromatic N) is 2. The molecule has 0 saturated carbocycles. The normalized spacial score (nSPS) is 24.2. The molecule has 0 aliphatic carbocycles. The number of likely N-dealkylation sites (tertiary alicyclic amines) is 1. The largest absolute Gasteiger partial charge is 0.413 e. The van der Waals surface area contributed by atoms with Crippen molar-refractivity contribution in [1.29, 1.82) is 0 Å². The van der Waals surface area contributed by atoms with Gasteiger partial charge in [0, 0.05) is 19.6 Å². The molecule has 2 fully saturated rings. The molecule has 6 nitrogen and oxygen atoms in total. The van der Waals surface area contributed by atoms with Crippen molar-refractivity contribution in [3.8, 4) is 0 Å². The van der Waals surface area contributed by atoms with E-state index in [1.54, 1.807) is 0 Å². The monoisotopic (exact) mass is 341 g/mol. The van der Waals surface area contributed by atoms with E-state index in [1.807, 2.05) is 0 Å². The van der Waals surface area contributed by atoms with Crippen LogP contribution in [-0.4, -0.2) is 68.9 Å². The number of piperidine rings is 1. The molecule has 2 aliphatic rings. The molecule has 0 spiro atoms. The Morgan fingerprint density at radius 3 is 2.52 bits per heavy atom. The maximum absolute atomic E-state index is 11.6. The molecule has 7 heteroatoms. The molecule has 0 aromatic rings. The van der Waals surface area contributed by atoms with Crippen LogP contribution in [0.5, 0.6) is 0 Å². The van der Waals surface area contributed by atoms with Crippen molar-refractivity contribution in [3.63, 3.8) is 0 Å². The van der Waals surface area contributed by atoms with Gasteiger partial charge in [-0.3, -0.25) is 14.6 Å². The predicted molar refractivity (Wildman–Crippen MR) is 92.9 cm³/mol. The van der Waals surface area contributed by atoms with Gasteiger partial charge in [0.2, 0.25) is 5.91 Å². The highest BCUT2D eigenvalue weighted by Crippen LogP contribution is 2.38. The summed E-state index contributed by atoms with van der Waals surface area (Å²) in [5, 5.41) is 2.78. The van der Waals surface area contributed by atoms with E-state index >= 15 is 0 Å². The Morgan fingerprint density at radius 2 is 1.96 bits per heavy atom. The van der Waals surface area contributed by atoms with Crippen molar-refractivity contribution >= 4 is 20.3 Å². The molecule has 3 amide bonds. The average Bonchev–Trinajstić information content (AvgIpc) is 2.74. The van der Waals surface area contributed by atoms with Crippen LogP contribution in [0.1, 0.15) is 33.6 Å². The summed E-state index contributed by atoms with van der Waals surface area (Å²) in [6, 6.07) is -0.263. The van der Waals surface area contributed by atoms with Crippen molar-refractivity contribution in [2.45, 2.75) is 57.8 Å². The third-order valence-corrected chi connectivity index (χ3v) is 9.84. The molecule has 2 aliphatic heterocycles. The number of hydrogen-bond donors (Lipinski definition) is 1. The zero-order valence-corrected chi connectivity index (χ0v) is 16.1. The van der Waals surface area contributed by atoms with E-state index < -0.39 is 8.32 Å². The fourth-order valence-corrected chi connectivity index (χ4v) is 4.21. The van der Waals surface area contributed by atoms with E-state index in [9.17, 15) is 9.59 Å². The number of rotatable bonds is 5. The maximum Gasteiger partial charge on any atom is 0.324 e. The molecular weight excluding hydrogens is 310 g/mol. The Balaban J connectivity index is 1.84. The topological polar surface area (TPSA) is 61.9 Å². The number of amides is 3. The summed E-state index contributed by atoms with van der Waals surface area (Å²) in [7, 11) is -1.75. The number of carbonyl (C=O) groups excluding carboxylic acids is 2. The van der Waals surface area contributed by atoms with Crippen molar-refractivity contribution in [1.82, 2.24) is 15.1 Å². The smallest absolute Gasteiger partial charge is 0.324 e. The van der Waals surface area contributed by atoms with Crippen LogP contribution in [0.3, 0.4) is 0 Å². The summed E-state index contributed by atoms with van der Waals surface area (Å²) >= 11 is 0. The van der Waals surface area contributed by atoms with Gasteiger partial charge in [-0.05, 0) is 37.5 Å². The van der Waals surface area contributed by atoms with Gasteiger partial charge in [-0.15, -0.1) is 0 Å². The van der Waals surface area contributed by atoms with Crippen molar-refractivity contribution in [3.05, 3.63) is 0 Å². The van der Waals surface area contributed by atoms with Gasteiger partial charge in [0.15, 0.2) is 8.32 Å². The molecule has 0 aromatic heterocycles. The average molecular weight is 342 g/mol. The molecule has 132 valence electrons. The van der Waals surface area contributed by atoms with Crippen molar-refractivity contribution in [2.75, 3.05) is 32.7 Å². The number of carbonyl (C=O) groups is 2. The first-order valence-corrected chi connectivity index (χ1v) is 11.5. The fourth-order valence-electron chi connectivity index (χ4n) is 2.83. The first-order chi connectivity index (χ1) is 10.6. The van der Waals surface area contributed by atoms with Crippen molar-refractivity contribution in [2.24, 2.45) is 0 Å². The highest BCUT2D eigenvalue weighted by molar-refractivity contribution is 6.74. The Kier molecular flexibility index (Phi) is 5.53. The minimum absolute atomic E-state index is 0.124. The SMILES string of the molecule is CC(C)(C)[Si](C)(C)O[C@@H]1CCCN(CCN2C(=O)CNC2=O)C1. The second kappa shape index (κ2) is 6.90. The molecule has 2 heterocycles. The molecule has 0 aromatic carbocycles. The van der Waals surface area contributed by atoms with E-state index in [0.29, 0.717) is 6.54 Å². The predicted octanol–water partition coefficient (Wildman–Crippen LogP) is 2.02. The van der Waals surface area contributed by atoms with Gasteiger partial charge < -0.3 is 9.74 Å². The molecule has 1 atom stereocenters. The fraction of sp³-hybridized carbons (Fsp3) is 0.875. The highest BCUT2D eigenvalue weighted by Gasteiger charge is 2.40. The summed E-state index contributed by atoms with van der Waals surface area (Å²) in [6.45, 7) is 14.6. The summed E-state index contributed by atoms with van der Waals surface area (Å²) in [5.74, 6) is -0.124. The Morgan fingerprint density at radius 1 is 1.26 bits per heavy atom. The minimum Gasteiger partial charge on any atom is -0.413 e. The second-order valence-electron chi connectivity index (χ2n) is 8.15. The zero-order valence-electron chi connectivity index (χ0n) is 15.1. The van der Waals surface area contributed by atoms with E-state index in [4.69, 9.17) is 4.43 Å². The van der Waals surface area contributed by atoms with Gasteiger partial charge in [0.05, 0.1) is 12.6 Å². The standard InChI is InChI=1S/C16H31N3O3Si/c1-16(2,3)23(4,5)22-13-7-6-8-18(12-13)9-10-19-14(20)11-17-15(19)21/h13H,6-12H2,1-5H3,(H,17,21)/t13-/m1/s1. The number of urea groups is 1. The van der Waals surface area contributed by atoms with Crippen LogP contribution in [0, 0.1) is 0 Å².